The number of amides is 3. The molecule has 0 saturated carbocycles. The van der Waals surface area contributed by atoms with E-state index in [1.807, 2.05) is 24.3 Å². The van der Waals surface area contributed by atoms with Crippen LogP contribution in [0.2, 0.25) is 0 Å². The number of nitrogens with zero attached hydrogens (tertiary/aromatic N) is 3. The third-order valence-corrected chi connectivity index (χ3v) is 15.2. The predicted molar refractivity (Wildman–Crippen MR) is 266 cm³/mol. The molecule has 0 radical (unpaired) electrons. The van der Waals surface area contributed by atoms with Crippen LogP contribution in [0.5, 0.6) is 5.75 Å². The van der Waals surface area contributed by atoms with E-state index in [0.29, 0.717) is 43.9 Å². The SMILES string of the molecule is CCCCN1/C(=C/C=C2\CCCC(/C=C/C3=[N+](CCCC)c4ccc(S(=O)(=O)O)cc4C3(C)C)=C2Oc2ccc(CCC(=O)NCCN3C(=O)C=CC3=O)cc2)C(C)(C)c2cc(S(=O)(=O)O)ccc21. The van der Waals surface area contributed by atoms with Gasteiger partial charge in [0.1, 0.15) is 18.1 Å². The molecule has 69 heavy (non-hydrogen) atoms. The summed E-state index contributed by atoms with van der Waals surface area (Å²) in [5, 5.41) is 2.79. The number of unbranched alkanes of at least 4 members (excludes halogenated alkanes) is 2. The number of anilines is 1. The van der Waals surface area contributed by atoms with Gasteiger partial charge in [-0.25, -0.2) is 0 Å². The van der Waals surface area contributed by atoms with Crippen molar-refractivity contribution in [2.24, 2.45) is 0 Å². The lowest BCUT2D eigenvalue weighted by Gasteiger charge is -2.27. The van der Waals surface area contributed by atoms with Crippen LogP contribution in [0.4, 0.5) is 11.4 Å². The zero-order valence-electron chi connectivity index (χ0n) is 40.2. The standard InChI is InChI=1S/C53H62N4O10S2/c1-7-9-31-55-44-23-21-40(68(61,62)63)34-42(44)52(3,4)46(55)25-17-37-12-11-13-38(18-26-47-53(5,6)43-35-41(69(64,65)66)22-24-45(43)56(47)32-10-8-2)51(37)67-39-19-14-36(15-20-39)16-27-48(58)54-30-33-57-49(59)28-29-50(57)60/h14-15,17-26,28-29,34-35H,7-13,16,27,30-33H2,1-6H3,(H2-,54,58,61,62,63,64,65,66)/p+1. The van der Waals surface area contributed by atoms with Crippen LogP contribution >= 0.6 is 0 Å². The molecule has 0 aromatic heterocycles. The number of fused-ring (bicyclic) bond motifs is 2. The van der Waals surface area contributed by atoms with Crippen LogP contribution < -0.4 is 15.0 Å². The number of imide groups is 1. The summed E-state index contributed by atoms with van der Waals surface area (Å²) in [6, 6.07) is 17.2. The maximum atomic E-state index is 12.7. The van der Waals surface area contributed by atoms with Gasteiger partial charge in [0.15, 0.2) is 5.71 Å². The molecule has 3 aromatic carbocycles. The van der Waals surface area contributed by atoms with Crippen molar-refractivity contribution in [1.29, 1.82) is 0 Å². The van der Waals surface area contributed by atoms with Gasteiger partial charge in [0.2, 0.25) is 11.6 Å². The monoisotopic (exact) mass is 979 g/mol. The Morgan fingerprint density at radius 3 is 2.09 bits per heavy atom. The van der Waals surface area contributed by atoms with E-state index in [9.17, 15) is 40.3 Å². The van der Waals surface area contributed by atoms with Gasteiger partial charge in [-0.05, 0) is 123 Å². The van der Waals surface area contributed by atoms with E-state index in [1.165, 1.54) is 24.3 Å². The van der Waals surface area contributed by atoms with Crippen LogP contribution in [0.15, 0.2) is 130 Å². The first-order valence-corrected chi connectivity index (χ1v) is 26.6. The fourth-order valence-electron chi connectivity index (χ4n) is 9.60. The summed E-state index contributed by atoms with van der Waals surface area (Å²) in [4.78, 5) is 39.4. The first-order valence-electron chi connectivity index (χ1n) is 23.7. The molecular formula is C53H63N4O10S2+. The molecule has 366 valence electrons. The van der Waals surface area contributed by atoms with E-state index in [0.717, 1.165) is 87.6 Å². The molecule has 0 saturated heterocycles. The Bertz CT molecular complexity index is 2940. The lowest BCUT2D eigenvalue weighted by atomic mass is 9.81. The molecule has 0 atom stereocenters. The molecule has 3 heterocycles. The van der Waals surface area contributed by atoms with Crippen molar-refractivity contribution in [2.45, 2.75) is 120 Å². The van der Waals surface area contributed by atoms with Crippen molar-refractivity contribution in [3.8, 4) is 5.75 Å². The molecule has 3 aromatic rings. The van der Waals surface area contributed by atoms with Gasteiger partial charge >= 0.3 is 0 Å². The van der Waals surface area contributed by atoms with Crippen LogP contribution in [-0.2, 0) is 51.9 Å². The van der Waals surface area contributed by atoms with Crippen molar-refractivity contribution in [2.75, 3.05) is 31.1 Å². The zero-order valence-corrected chi connectivity index (χ0v) is 41.9. The van der Waals surface area contributed by atoms with Crippen LogP contribution in [0.3, 0.4) is 0 Å². The summed E-state index contributed by atoms with van der Waals surface area (Å²) in [5.41, 5.74) is 6.96. The van der Waals surface area contributed by atoms with Gasteiger partial charge in [0.25, 0.3) is 32.1 Å². The molecule has 1 aliphatic carbocycles. The van der Waals surface area contributed by atoms with Gasteiger partial charge in [-0.1, -0.05) is 58.7 Å². The lowest BCUT2D eigenvalue weighted by molar-refractivity contribution is -0.438. The average Bonchev–Trinajstić information content (AvgIpc) is 3.82. The molecular weight excluding hydrogens is 917 g/mol. The molecule has 3 amide bonds. The predicted octanol–water partition coefficient (Wildman–Crippen LogP) is 8.81. The second-order valence-corrected chi connectivity index (χ2v) is 21.8. The highest BCUT2D eigenvalue weighted by molar-refractivity contribution is 7.86. The largest absolute Gasteiger partial charge is 0.457 e. The molecule has 3 aliphatic heterocycles. The highest BCUT2D eigenvalue weighted by atomic mass is 32.2. The Morgan fingerprint density at radius 1 is 0.783 bits per heavy atom. The van der Waals surface area contributed by atoms with Gasteiger partial charge in [-0.2, -0.15) is 21.4 Å². The maximum Gasteiger partial charge on any atom is 0.294 e. The molecule has 0 unspecified atom stereocenters. The fourth-order valence-corrected chi connectivity index (χ4v) is 10.6. The summed E-state index contributed by atoms with van der Waals surface area (Å²) < 4.78 is 78.1. The molecule has 0 spiro atoms. The number of carbonyl (C=O) groups is 3. The maximum absolute atomic E-state index is 12.7. The summed E-state index contributed by atoms with van der Waals surface area (Å²) in [7, 11) is -8.85. The number of allylic oxidation sites excluding steroid dienone is 7. The number of nitrogens with one attached hydrogen (secondary N) is 1. The van der Waals surface area contributed by atoms with E-state index in [4.69, 9.17) is 4.74 Å². The molecule has 7 rings (SSSR count). The number of carbonyl (C=O) groups excluding carboxylic acids is 3. The number of rotatable bonds is 19. The number of hydrogen-bond donors (Lipinski definition) is 3. The number of benzene rings is 3. The topological polar surface area (TPSA) is 191 Å². The molecule has 3 N–H and O–H groups in total. The summed E-state index contributed by atoms with van der Waals surface area (Å²) >= 11 is 0. The normalized spacial score (nSPS) is 18.9. The number of aryl methyl sites for hydroxylation is 1. The minimum atomic E-state index is -4.43. The minimum absolute atomic E-state index is 0.100. The van der Waals surface area contributed by atoms with Gasteiger partial charge < -0.3 is 15.0 Å². The van der Waals surface area contributed by atoms with E-state index in [2.05, 4.69) is 80.6 Å². The van der Waals surface area contributed by atoms with Crippen molar-refractivity contribution in [1.82, 2.24) is 10.2 Å². The van der Waals surface area contributed by atoms with E-state index >= 15 is 0 Å². The van der Waals surface area contributed by atoms with Crippen LogP contribution in [-0.4, -0.2) is 85.0 Å². The van der Waals surface area contributed by atoms with E-state index in [1.54, 1.807) is 24.3 Å². The van der Waals surface area contributed by atoms with Gasteiger partial charge in [0, 0.05) is 79.1 Å². The smallest absolute Gasteiger partial charge is 0.294 e. The third kappa shape index (κ3) is 11.1. The van der Waals surface area contributed by atoms with Crippen molar-refractivity contribution in [3.63, 3.8) is 0 Å². The van der Waals surface area contributed by atoms with Crippen LogP contribution in [0.25, 0.3) is 0 Å². The Hall–Kier alpha value is -5.94. The van der Waals surface area contributed by atoms with Gasteiger partial charge in [-0.3, -0.25) is 28.4 Å². The first kappa shape index (κ1) is 50.9. The van der Waals surface area contributed by atoms with Crippen molar-refractivity contribution >= 4 is 55.0 Å². The first-order chi connectivity index (χ1) is 32.6. The zero-order chi connectivity index (χ0) is 49.9. The summed E-state index contributed by atoms with van der Waals surface area (Å²) in [6.45, 7) is 14.2. The molecule has 4 aliphatic rings. The van der Waals surface area contributed by atoms with Crippen molar-refractivity contribution in [3.05, 3.63) is 136 Å². The van der Waals surface area contributed by atoms with Crippen molar-refractivity contribution < 1.29 is 49.6 Å². The molecule has 14 nitrogen and oxygen atoms in total. The van der Waals surface area contributed by atoms with E-state index in [-0.39, 0.29) is 35.2 Å². The Balaban J connectivity index is 1.23. The second kappa shape index (κ2) is 20.6. The highest BCUT2D eigenvalue weighted by Gasteiger charge is 2.45. The van der Waals surface area contributed by atoms with E-state index < -0.39 is 42.9 Å². The Morgan fingerprint density at radius 2 is 1.43 bits per heavy atom. The lowest BCUT2D eigenvalue weighted by Crippen LogP contribution is -2.38. The quantitative estimate of drug-likeness (QED) is 0.0591. The minimum Gasteiger partial charge on any atom is -0.457 e. The summed E-state index contributed by atoms with van der Waals surface area (Å²) in [6.07, 6.45) is 17.5. The van der Waals surface area contributed by atoms with Gasteiger partial charge in [-0.15, -0.1) is 0 Å². The van der Waals surface area contributed by atoms with Crippen LogP contribution in [0, 0.1) is 0 Å². The molecule has 0 bridgehead atoms. The molecule has 0 fully saturated rings. The fraction of sp³-hybridized carbons (Fsp3) is 0.396. The second-order valence-electron chi connectivity index (χ2n) is 19.0. The Labute approximate surface area is 406 Å². The third-order valence-electron chi connectivity index (χ3n) is 13.5. The summed E-state index contributed by atoms with van der Waals surface area (Å²) in [5.74, 6) is 0.301. The molecule has 16 heteroatoms. The van der Waals surface area contributed by atoms with Gasteiger partial charge in [0.05, 0.1) is 15.2 Å². The number of hydrogen-bond acceptors (Lipinski definition) is 9. The Kier molecular flexibility index (Phi) is 15.2. The number of ether oxygens (including phenoxy) is 1. The highest BCUT2D eigenvalue weighted by Crippen LogP contribution is 2.49. The average molecular weight is 980 g/mol. The van der Waals surface area contributed by atoms with Crippen LogP contribution in [0.1, 0.15) is 110 Å².